The molecule has 0 unspecified atom stereocenters. The van der Waals surface area contributed by atoms with Crippen LogP contribution in [0.4, 0.5) is 0 Å². The third kappa shape index (κ3) is 4.07. The van der Waals surface area contributed by atoms with Crippen LogP contribution in [0.25, 0.3) is 0 Å². The quantitative estimate of drug-likeness (QED) is 0.759. The van der Waals surface area contributed by atoms with Gasteiger partial charge in [-0.25, -0.2) is 4.79 Å². The Morgan fingerprint density at radius 1 is 1.33 bits per heavy atom. The second-order valence-corrected chi connectivity index (χ2v) is 5.51. The Morgan fingerprint density at radius 3 is 2.71 bits per heavy atom. The van der Waals surface area contributed by atoms with Crippen molar-refractivity contribution >= 4 is 29.2 Å². The number of ether oxygens (including phenoxy) is 2. The lowest BCUT2D eigenvalue weighted by Gasteiger charge is -2.11. The molecule has 0 saturated heterocycles. The molecule has 0 atom stereocenters. The summed E-state index contributed by atoms with van der Waals surface area (Å²) < 4.78 is 11.3. The summed E-state index contributed by atoms with van der Waals surface area (Å²) in [5, 5.41) is 9.83. The fourth-order valence-electron chi connectivity index (χ4n) is 1.96. The van der Waals surface area contributed by atoms with Crippen molar-refractivity contribution < 1.29 is 14.3 Å². The average molecular weight is 367 g/mol. The van der Waals surface area contributed by atoms with Crippen molar-refractivity contribution in [3.63, 3.8) is 0 Å². The molecule has 0 aliphatic heterocycles. The maximum Gasteiger partial charge on any atom is 0.339 e. The van der Waals surface area contributed by atoms with Gasteiger partial charge in [0, 0.05) is 11.2 Å². The van der Waals surface area contributed by atoms with Gasteiger partial charge < -0.3 is 14.0 Å². The van der Waals surface area contributed by atoms with E-state index < -0.39 is 11.5 Å². The Bertz CT molecular complexity index is 871. The molecule has 6 nitrogen and oxygen atoms in total. The van der Waals surface area contributed by atoms with E-state index in [-0.39, 0.29) is 24.3 Å². The number of hydrogen-bond acceptors (Lipinski definition) is 5. The molecule has 0 N–H and O–H groups in total. The standard InChI is InChI=1S/C16H12Cl2N2O4/c1-23-16(22)11-6-10(8-19)15(21)20(9-11)4-5-24-14-3-2-12(17)7-13(14)18/h2-3,6-7,9H,4-5H2,1H3. The van der Waals surface area contributed by atoms with E-state index in [0.29, 0.717) is 15.8 Å². The molecular formula is C16H12Cl2N2O4. The smallest absolute Gasteiger partial charge is 0.339 e. The van der Waals surface area contributed by atoms with Gasteiger partial charge in [-0.05, 0) is 24.3 Å². The number of nitrogens with zero attached hydrogens (tertiary/aromatic N) is 2. The van der Waals surface area contributed by atoms with Crippen molar-refractivity contribution in [3.05, 3.63) is 62.0 Å². The molecule has 2 aromatic rings. The Labute approximate surface area is 147 Å². The number of methoxy groups -OCH3 is 1. The van der Waals surface area contributed by atoms with Crippen molar-refractivity contribution in [2.24, 2.45) is 0 Å². The summed E-state index contributed by atoms with van der Waals surface area (Å²) in [6.45, 7) is 0.230. The van der Waals surface area contributed by atoms with E-state index in [9.17, 15) is 9.59 Å². The minimum absolute atomic E-state index is 0.108. The highest BCUT2D eigenvalue weighted by atomic mass is 35.5. The molecule has 24 heavy (non-hydrogen) atoms. The van der Waals surface area contributed by atoms with E-state index in [4.69, 9.17) is 33.2 Å². The highest BCUT2D eigenvalue weighted by Gasteiger charge is 2.12. The zero-order valence-electron chi connectivity index (χ0n) is 12.6. The Morgan fingerprint density at radius 2 is 2.08 bits per heavy atom. The average Bonchev–Trinajstić information content (AvgIpc) is 2.57. The molecular weight excluding hydrogens is 355 g/mol. The highest BCUT2D eigenvalue weighted by molar-refractivity contribution is 6.35. The number of hydrogen-bond donors (Lipinski definition) is 0. The second-order valence-electron chi connectivity index (χ2n) is 4.67. The second kappa shape index (κ2) is 7.86. The predicted molar refractivity (Wildman–Crippen MR) is 88.7 cm³/mol. The normalized spacial score (nSPS) is 10.1. The molecule has 0 aliphatic rings. The number of nitriles is 1. The number of halogens is 2. The molecule has 0 amide bonds. The molecule has 8 heteroatoms. The molecule has 0 fully saturated rings. The van der Waals surface area contributed by atoms with Gasteiger partial charge in [0.05, 0.1) is 24.2 Å². The summed E-state index contributed by atoms with van der Waals surface area (Å²) in [5.41, 5.74) is -0.559. The summed E-state index contributed by atoms with van der Waals surface area (Å²) >= 11 is 11.8. The van der Waals surface area contributed by atoms with Crippen molar-refractivity contribution in [2.45, 2.75) is 6.54 Å². The number of aromatic nitrogens is 1. The van der Waals surface area contributed by atoms with Gasteiger partial charge in [-0.3, -0.25) is 4.79 Å². The van der Waals surface area contributed by atoms with Crippen LogP contribution in [-0.2, 0) is 11.3 Å². The summed E-state index contributed by atoms with van der Waals surface area (Å²) in [6.07, 6.45) is 1.32. The van der Waals surface area contributed by atoms with Gasteiger partial charge in [0.15, 0.2) is 0 Å². The van der Waals surface area contributed by atoms with Crippen molar-refractivity contribution in [2.75, 3.05) is 13.7 Å². The molecule has 0 aliphatic carbocycles. The fraction of sp³-hybridized carbons (Fsp3) is 0.188. The molecule has 124 valence electrons. The van der Waals surface area contributed by atoms with Gasteiger partial charge in [0.1, 0.15) is 24.0 Å². The summed E-state index contributed by atoms with van der Waals surface area (Å²) in [7, 11) is 1.22. The van der Waals surface area contributed by atoms with E-state index in [1.165, 1.54) is 30.0 Å². The van der Waals surface area contributed by atoms with E-state index in [2.05, 4.69) is 4.74 Å². The number of esters is 1. The Balaban J connectivity index is 2.18. The van der Waals surface area contributed by atoms with Gasteiger partial charge >= 0.3 is 5.97 Å². The maximum absolute atomic E-state index is 12.1. The van der Waals surface area contributed by atoms with E-state index >= 15 is 0 Å². The number of carbonyl (C=O) groups excluding carboxylic acids is 1. The van der Waals surface area contributed by atoms with E-state index in [0.717, 1.165) is 0 Å². The van der Waals surface area contributed by atoms with Gasteiger partial charge in [-0.2, -0.15) is 5.26 Å². The third-order valence-corrected chi connectivity index (χ3v) is 3.64. The molecule has 0 radical (unpaired) electrons. The molecule has 1 aromatic heterocycles. The van der Waals surface area contributed by atoms with Crippen LogP contribution in [0.15, 0.2) is 35.3 Å². The zero-order chi connectivity index (χ0) is 17.7. The first kappa shape index (κ1) is 17.9. The first-order chi connectivity index (χ1) is 11.5. The first-order valence-corrected chi connectivity index (χ1v) is 7.52. The topological polar surface area (TPSA) is 81.3 Å². The molecule has 0 saturated carbocycles. The van der Waals surface area contributed by atoms with Crippen LogP contribution < -0.4 is 10.3 Å². The Kier molecular flexibility index (Phi) is 5.85. The lowest BCUT2D eigenvalue weighted by Crippen LogP contribution is -2.26. The van der Waals surface area contributed by atoms with Crippen molar-refractivity contribution in [1.29, 1.82) is 5.26 Å². The minimum Gasteiger partial charge on any atom is -0.490 e. The summed E-state index contributed by atoms with van der Waals surface area (Å²) in [6, 6.07) is 7.73. The SMILES string of the molecule is COC(=O)c1cc(C#N)c(=O)n(CCOc2ccc(Cl)cc2Cl)c1. The van der Waals surface area contributed by atoms with E-state index in [1.54, 1.807) is 18.2 Å². The van der Waals surface area contributed by atoms with Gasteiger partial charge in [-0.15, -0.1) is 0 Å². The number of benzene rings is 1. The van der Waals surface area contributed by atoms with Crippen LogP contribution in [0.2, 0.25) is 10.0 Å². The molecule has 0 spiro atoms. The van der Waals surface area contributed by atoms with Crippen molar-refractivity contribution in [1.82, 2.24) is 4.57 Å². The number of rotatable bonds is 5. The maximum atomic E-state index is 12.1. The van der Waals surface area contributed by atoms with Crippen LogP contribution in [0, 0.1) is 11.3 Å². The van der Waals surface area contributed by atoms with E-state index in [1.807, 2.05) is 0 Å². The van der Waals surface area contributed by atoms with Crippen LogP contribution in [0.5, 0.6) is 5.75 Å². The van der Waals surface area contributed by atoms with Crippen LogP contribution in [0.1, 0.15) is 15.9 Å². The molecule has 0 bridgehead atoms. The highest BCUT2D eigenvalue weighted by Crippen LogP contribution is 2.27. The number of carbonyl (C=O) groups is 1. The molecule has 1 heterocycles. The molecule has 2 rings (SSSR count). The van der Waals surface area contributed by atoms with Crippen LogP contribution >= 0.6 is 23.2 Å². The first-order valence-electron chi connectivity index (χ1n) is 6.77. The number of pyridine rings is 1. The zero-order valence-corrected chi connectivity index (χ0v) is 14.1. The lowest BCUT2D eigenvalue weighted by atomic mass is 10.2. The van der Waals surface area contributed by atoms with Gasteiger partial charge in [0.25, 0.3) is 5.56 Å². The Hall–Kier alpha value is -2.49. The monoisotopic (exact) mass is 366 g/mol. The summed E-state index contributed by atoms with van der Waals surface area (Å²) in [5.74, 6) is -0.222. The van der Waals surface area contributed by atoms with Crippen LogP contribution in [0.3, 0.4) is 0 Å². The van der Waals surface area contributed by atoms with Gasteiger partial charge in [-0.1, -0.05) is 23.2 Å². The largest absolute Gasteiger partial charge is 0.490 e. The van der Waals surface area contributed by atoms with Crippen molar-refractivity contribution in [3.8, 4) is 11.8 Å². The third-order valence-electron chi connectivity index (χ3n) is 3.11. The molecule has 1 aromatic carbocycles. The van der Waals surface area contributed by atoms with Gasteiger partial charge in [0.2, 0.25) is 0 Å². The fourth-order valence-corrected chi connectivity index (χ4v) is 2.42. The van der Waals surface area contributed by atoms with Crippen LogP contribution in [-0.4, -0.2) is 24.3 Å². The summed E-state index contributed by atoms with van der Waals surface area (Å²) in [4.78, 5) is 23.7. The minimum atomic E-state index is -0.637. The lowest BCUT2D eigenvalue weighted by molar-refractivity contribution is 0.0599. The predicted octanol–water partition coefficient (Wildman–Crippen LogP) is 2.89.